The number of hydrogen-bond donors (Lipinski definition) is 0. The molecule has 0 N–H and O–H groups in total. The summed E-state index contributed by atoms with van der Waals surface area (Å²) in [4.78, 5) is 2.59. The van der Waals surface area contributed by atoms with E-state index >= 15 is 0 Å². The molecule has 0 spiro atoms. The topological polar surface area (TPSA) is 3.24 Å². The molecule has 0 atom stereocenters. The molecule has 1 aliphatic carbocycles. The van der Waals surface area contributed by atoms with E-state index in [0.29, 0.717) is 0 Å². The minimum Gasteiger partial charge on any atom is -0.303 e. The summed E-state index contributed by atoms with van der Waals surface area (Å²) in [5.74, 6) is 2.71. The van der Waals surface area contributed by atoms with Crippen LogP contribution >= 0.6 is 0 Å². The summed E-state index contributed by atoms with van der Waals surface area (Å²) in [5.41, 5.74) is 0. The molecule has 0 aromatic rings. The van der Waals surface area contributed by atoms with Crippen molar-refractivity contribution in [2.75, 3.05) is 13.6 Å². The Morgan fingerprint density at radius 2 is 1.50 bits per heavy atom. The molecule has 0 saturated heterocycles. The first kappa shape index (κ1) is 14.0. The summed E-state index contributed by atoms with van der Waals surface area (Å²) >= 11 is 0. The van der Waals surface area contributed by atoms with Crippen molar-refractivity contribution in [3.63, 3.8) is 0 Å². The summed E-state index contributed by atoms with van der Waals surface area (Å²) in [6, 6.07) is 0.866. The van der Waals surface area contributed by atoms with Crippen LogP contribution in [0.3, 0.4) is 0 Å². The lowest BCUT2D eigenvalue weighted by atomic mass is 9.81. The summed E-state index contributed by atoms with van der Waals surface area (Å²) in [6.07, 6.45) is 7.23. The highest BCUT2D eigenvalue weighted by Crippen LogP contribution is 2.31. The lowest BCUT2D eigenvalue weighted by Crippen LogP contribution is -2.37. The summed E-state index contributed by atoms with van der Waals surface area (Å²) in [7, 11) is 2.31. The molecule has 0 radical (unpaired) electrons. The van der Waals surface area contributed by atoms with Gasteiger partial charge in [0, 0.05) is 12.6 Å². The maximum atomic E-state index is 2.59. The molecule has 0 aliphatic heterocycles. The van der Waals surface area contributed by atoms with Gasteiger partial charge in [0.25, 0.3) is 0 Å². The van der Waals surface area contributed by atoms with E-state index in [-0.39, 0.29) is 0 Å². The van der Waals surface area contributed by atoms with Gasteiger partial charge in [-0.1, -0.05) is 27.7 Å². The van der Waals surface area contributed by atoms with E-state index in [9.17, 15) is 0 Å². The largest absolute Gasteiger partial charge is 0.303 e. The van der Waals surface area contributed by atoms with Crippen LogP contribution in [0.2, 0.25) is 0 Å². The van der Waals surface area contributed by atoms with Crippen molar-refractivity contribution in [3.05, 3.63) is 0 Å². The van der Waals surface area contributed by atoms with Crippen LogP contribution in [0, 0.1) is 17.8 Å². The van der Waals surface area contributed by atoms with Gasteiger partial charge < -0.3 is 4.90 Å². The predicted molar refractivity (Wildman–Crippen MR) is 72.7 cm³/mol. The van der Waals surface area contributed by atoms with Gasteiger partial charge in [-0.25, -0.2) is 0 Å². The highest BCUT2D eigenvalue weighted by Gasteiger charge is 2.24. The molecular formula is C15H31N. The third-order valence-electron chi connectivity index (χ3n) is 3.90. The van der Waals surface area contributed by atoms with E-state index in [2.05, 4.69) is 39.6 Å². The second-order valence-electron chi connectivity index (χ2n) is 6.64. The molecule has 0 unspecified atom stereocenters. The molecular weight excluding hydrogens is 194 g/mol. The van der Waals surface area contributed by atoms with E-state index in [1.807, 2.05) is 0 Å². The van der Waals surface area contributed by atoms with Crippen molar-refractivity contribution in [3.8, 4) is 0 Å². The molecule has 1 fully saturated rings. The molecule has 1 nitrogen and oxygen atoms in total. The lowest BCUT2D eigenvalue weighted by Gasteiger charge is -2.36. The minimum absolute atomic E-state index is 0.804. The highest BCUT2D eigenvalue weighted by molar-refractivity contribution is 4.79. The summed E-state index contributed by atoms with van der Waals surface area (Å²) in [6.45, 7) is 10.6. The predicted octanol–water partition coefficient (Wildman–Crippen LogP) is 4.18. The normalized spacial score (nSPS) is 27.0. The van der Waals surface area contributed by atoms with Gasteiger partial charge in [-0.2, -0.15) is 0 Å². The van der Waals surface area contributed by atoms with Crippen molar-refractivity contribution in [1.29, 1.82) is 0 Å². The number of hydrogen-bond acceptors (Lipinski definition) is 1. The monoisotopic (exact) mass is 225 g/mol. The molecule has 0 heterocycles. The molecule has 0 amide bonds. The fourth-order valence-corrected chi connectivity index (χ4v) is 3.21. The number of nitrogens with zero attached hydrogens (tertiary/aromatic N) is 1. The van der Waals surface area contributed by atoms with Gasteiger partial charge >= 0.3 is 0 Å². The molecule has 1 aliphatic rings. The van der Waals surface area contributed by atoms with Gasteiger partial charge in [-0.15, -0.1) is 0 Å². The van der Waals surface area contributed by atoms with Gasteiger partial charge in [-0.3, -0.25) is 0 Å². The molecule has 1 heteroatoms. The number of rotatable bonds is 5. The lowest BCUT2D eigenvalue weighted by molar-refractivity contribution is 0.144. The van der Waals surface area contributed by atoms with Crippen LogP contribution in [0.1, 0.15) is 59.8 Å². The van der Waals surface area contributed by atoms with Crippen LogP contribution in [-0.2, 0) is 0 Å². The van der Waals surface area contributed by atoms with Crippen LogP contribution in [0.4, 0.5) is 0 Å². The fraction of sp³-hybridized carbons (Fsp3) is 1.00. The van der Waals surface area contributed by atoms with Crippen molar-refractivity contribution in [2.24, 2.45) is 17.8 Å². The maximum Gasteiger partial charge on any atom is 0.00925 e. The molecule has 1 saturated carbocycles. The molecule has 16 heavy (non-hydrogen) atoms. The Kier molecular flexibility index (Phi) is 5.82. The summed E-state index contributed by atoms with van der Waals surface area (Å²) in [5, 5.41) is 0. The van der Waals surface area contributed by atoms with Gasteiger partial charge in [0.1, 0.15) is 0 Å². The second-order valence-corrected chi connectivity index (χ2v) is 6.64. The van der Waals surface area contributed by atoms with E-state index in [0.717, 1.165) is 23.8 Å². The Balaban J connectivity index is 2.25. The minimum atomic E-state index is 0.804. The molecule has 1 rings (SSSR count). The smallest absolute Gasteiger partial charge is 0.00925 e. The van der Waals surface area contributed by atoms with Crippen molar-refractivity contribution in [2.45, 2.75) is 65.8 Å². The van der Waals surface area contributed by atoms with Gasteiger partial charge in [0.2, 0.25) is 0 Å². The van der Waals surface area contributed by atoms with Crippen LogP contribution in [-0.4, -0.2) is 24.5 Å². The Morgan fingerprint density at radius 1 is 0.938 bits per heavy atom. The Labute approximate surface area is 103 Å². The van der Waals surface area contributed by atoms with Crippen LogP contribution in [0.15, 0.2) is 0 Å². The first-order chi connectivity index (χ1) is 7.49. The summed E-state index contributed by atoms with van der Waals surface area (Å²) < 4.78 is 0. The molecule has 0 bridgehead atoms. The molecule has 0 aromatic carbocycles. The standard InChI is InChI=1S/C15H31N/c1-12(2)10-14-6-8-15(9-7-14)16(5)11-13(3)4/h12-15H,6-11H2,1-5H3. The first-order valence-corrected chi connectivity index (χ1v) is 7.19. The SMILES string of the molecule is CC(C)CC1CCC(N(C)CC(C)C)CC1. The Morgan fingerprint density at radius 3 is 1.94 bits per heavy atom. The fourth-order valence-electron chi connectivity index (χ4n) is 3.21. The van der Waals surface area contributed by atoms with Gasteiger partial charge in [-0.05, 0) is 56.9 Å². The van der Waals surface area contributed by atoms with Crippen molar-refractivity contribution >= 4 is 0 Å². The Hall–Kier alpha value is -0.0400. The van der Waals surface area contributed by atoms with Crippen LogP contribution in [0.25, 0.3) is 0 Å². The second kappa shape index (κ2) is 6.64. The van der Waals surface area contributed by atoms with E-state index in [4.69, 9.17) is 0 Å². The van der Waals surface area contributed by atoms with Gasteiger partial charge in [0.05, 0.1) is 0 Å². The highest BCUT2D eigenvalue weighted by atomic mass is 15.1. The average molecular weight is 225 g/mol. The van der Waals surface area contributed by atoms with Crippen LogP contribution in [0.5, 0.6) is 0 Å². The Bertz CT molecular complexity index is 178. The molecule has 96 valence electrons. The zero-order valence-electron chi connectivity index (χ0n) is 12.0. The quantitative estimate of drug-likeness (QED) is 0.678. The van der Waals surface area contributed by atoms with Crippen molar-refractivity contribution in [1.82, 2.24) is 4.90 Å². The zero-order valence-corrected chi connectivity index (χ0v) is 12.0. The van der Waals surface area contributed by atoms with Crippen LogP contribution < -0.4 is 0 Å². The third-order valence-corrected chi connectivity index (χ3v) is 3.90. The average Bonchev–Trinajstić information content (AvgIpc) is 2.16. The van der Waals surface area contributed by atoms with E-state index < -0.39 is 0 Å². The molecule has 0 aromatic heterocycles. The maximum absolute atomic E-state index is 2.59. The van der Waals surface area contributed by atoms with E-state index in [1.165, 1.54) is 38.6 Å². The first-order valence-electron chi connectivity index (χ1n) is 7.19. The third kappa shape index (κ3) is 4.86. The van der Waals surface area contributed by atoms with Crippen molar-refractivity contribution < 1.29 is 0 Å². The van der Waals surface area contributed by atoms with Gasteiger partial charge in [0.15, 0.2) is 0 Å². The van der Waals surface area contributed by atoms with E-state index in [1.54, 1.807) is 0 Å². The zero-order chi connectivity index (χ0) is 12.1.